The van der Waals surface area contributed by atoms with Crippen molar-refractivity contribution < 1.29 is 18.8 Å². The van der Waals surface area contributed by atoms with E-state index in [9.17, 15) is 9.59 Å². The molecule has 5 heteroatoms. The van der Waals surface area contributed by atoms with Gasteiger partial charge in [0.05, 0.1) is 19.1 Å². The minimum atomic E-state index is -2.01. The highest BCUT2D eigenvalue weighted by molar-refractivity contribution is 6.74. The number of ether oxygens (including phenoxy) is 1. The topological polar surface area (TPSA) is 52.6 Å². The van der Waals surface area contributed by atoms with Crippen LogP contribution in [-0.2, 0) is 18.8 Å². The van der Waals surface area contributed by atoms with Gasteiger partial charge < -0.3 is 9.16 Å². The average molecular weight is 355 g/mol. The number of carbonyl (C=O) groups is 2. The van der Waals surface area contributed by atoms with E-state index in [1.165, 1.54) is 7.11 Å². The second-order valence-corrected chi connectivity index (χ2v) is 13.0. The van der Waals surface area contributed by atoms with Crippen LogP contribution in [-0.4, -0.2) is 33.3 Å². The summed E-state index contributed by atoms with van der Waals surface area (Å²) in [5.74, 6) is -0.517. The summed E-state index contributed by atoms with van der Waals surface area (Å²) >= 11 is 0. The predicted molar refractivity (Wildman–Crippen MR) is 99.4 cm³/mol. The van der Waals surface area contributed by atoms with E-state index >= 15 is 0 Å². The molecule has 0 fully saturated rings. The van der Waals surface area contributed by atoms with Crippen LogP contribution in [0.3, 0.4) is 0 Å². The third kappa shape index (κ3) is 5.28. The fourth-order valence-electron chi connectivity index (χ4n) is 2.79. The van der Waals surface area contributed by atoms with Gasteiger partial charge in [-0.05, 0) is 43.0 Å². The molecule has 1 aliphatic carbocycles. The van der Waals surface area contributed by atoms with E-state index in [4.69, 9.17) is 9.16 Å². The lowest BCUT2D eigenvalue weighted by molar-refractivity contribution is -0.149. The number of hydrogen-bond acceptors (Lipinski definition) is 4. The van der Waals surface area contributed by atoms with Crippen molar-refractivity contribution >= 4 is 20.1 Å². The summed E-state index contributed by atoms with van der Waals surface area (Å²) in [4.78, 5) is 24.4. The van der Waals surface area contributed by atoms with E-state index in [0.29, 0.717) is 12.8 Å². The van der Waals surface area contributed by atoms with E-state index in [1.54, 1.807) is 0 Å². The molecule has 0 saturated heterocycles. The van der Waals surface area contributed by atoms with Gasteiger partial charge in [0.15, 0.2) is 14.1 Å². The zero-order valence-electron chi connectivity index (χ0n) is 16.4. The Bertz CT molecular complexity index is 488. The van der Waals surface area contributed by atoms with Crippen molar-refractivity contribution in [3.8, 4) is 0 Å². The molecule has 0 aliphatic heterocycles. The predicted octanol–water partition coefficient (Wildman–Crippen LogP) is 4.65. The molecular formula is C19H34O4Si. The molecule has 2 atom stereocenters. The molecule has 0 aromatic rings. The Morgan fingerprint density at radius 2 is 1.96 bits per heavy atom. The number of carbonyl (C=O) groups excluding carboxylic acids is 2. The van der Waals surface area contributed by atoms with Crippen LogP contribution in [0.5, 0.6) is 0 Å². The van der Waals surface area contributed by atoms with Gasteiger partial charge >= 0.3 is 5.97 Å². The number of rotatable bonds is 8. The molecule has 4 nitrogen and oxygen atoms in total. The highest BCUT2D eigenvalue weighted by atomic mass is 28.4. The molecule has 24 heavy (non-hydrogen) atoms. The number of hydrogen-bond donors (Lipinski definition) is 0. The van der Waals surface area contributed by atoms with E-state index < -0.39 is 14.2 Å². The maximum absolute atomic E-state index is 12.4. The van der Waals surface area contributed by atoms with Crippen molar-refractivity contribution in [1.82, 2.24) is 0 Å². The van der Waals surface area contributed by atoms with Crippen LogP contribution in [0.25, 0.3) is 0 Å². The lowest BCUT2D eigenvalue weighted by Gasteiger charge is -2.41. The first-order chi connectivity index (χ1) is 11.0. The first-order valence-electron chi connectivity index (χ1n) is 9.01. The number of esters is 1. The zero-order chi connectivity index (χ0) is 18.5. The van der Waals surface area contributed by atoms with Crippen LogP contribution in [0.15, 0.2) is 11.6 Å². The molecule has 0 heterocycles. The van der Waals surface area contributed by atoms with Crippen molar-refractivity contribution in [2.45, 2.75) is 84.0 Å². The van der Waals surface area contributed by atoms with Crippen molar-refractivity contribution in [3.05, 3.63) is 11.6 Å². The van der Waals surface area contributed by atoms with Crippen LogP contribution in [0, 0.1) is 5.92 Å². The third-order valence-electron chi connectivity index (χ3n) is 5.34. The molecule has 0 aromatic heterocycles. The molecule has 1 rings (SSSR count). The second-order valence-electron chi connectivity index (χ2n) is 8.23. The molecule has 0 bridgehead atoms. The van der Waals surface area contributed by atoms with Crippen molar-refractivity contribution in [3.63, 3.8) is 0 Å². The van der Waals surface area contributed by atoms with Gasteiger partial charge in [0.2, 0.25) is 0 Å². The number of methoxy groups -OCH3 is 1. The van der Waals surface area contributed by atoms with Crippen LogP contribution < -0.4 is 0 Å². The summed E-state index contributed by atoms with van der Waals surface area (Å²) < 4.78 is 11.6. The molecule has 0 aromatic carbocycles. The fraction of sp³-hybridized carbons (Fsp3) is 0.789. The first kappa shape index (κ1) is 21.1. The van der Waals surface area contributed by atoms with E-state index in [0.717, 1.165) is 24.8 Å². The van der Waals surface area contributed by atoms with E-state index in [2.05, 4.69) is 40.8 Å². The van der Waals surface area contributed by atoms with Gasteiger partial charge in [-0.3, -0.25) is 9.59 Å². The van der Waals surface area contributed by atoms with Gasteiger partial charge in [-0.1, -0.05) is 40.2 Å². The molecule has 0 saturated carbocycles. The van der Waals surface area contributed by atoms with Crippen LogP contribution in [0.1, 0.15) is 59.8 Å². The highest BCUT2D eigenvalue weighted by Crippen LogP contribution is 2.39. The lowest BCUT2D eigenvalue weighted by Crippen LogP contribution is -2.47. The van der Waals surface area contributed by atoms with Crippen molar-refractivity contribution in [2.75, 3.05) is 7.11 Å². The quantitative estimate of drug-likeness (QED) is 0.470. The molecule has 138 valence electrons. The second kappa shape index (κ2) is 8.43. The van der Waals surface area contributed by atoms with E-state index in [-0.39, 0.29) is 22.9 Å². The summed E-state index contributed by atoms with van der Waals surface area (Å²) in [7, 11) is -0.599. The Labute approximate surface area is 148 Å². The molecule has 0 radical (unpaired) electrons. The Hall–Kier alpha value is -0.943. The van der Waals surface area contributed by atoms with Crippen molar-refractivity contribution in [1.29, 1.82) is 0 Å². The smallest absolute Gasteiger partial charge is 0.311 e. The number of ketones is 1. The summed E-state index contributed by atoms with van der Waals surface area (Å²) in [5, 5.41) is 0.0715. The molecule has 0 spiro atoms. The Kier molecular flexibility index (Phi) is 7.41. The average Bonchev–Trinajstić information content (AvgIpc) is 2.87. The standard InChI is InChI=1S/C19H34O4Si/c1-8-10-17(23-24(6,7)19(2,3)4)15(18(21)22-5)13-14-11-9-12-16(14)20/h11,15,17H,8-10,12-13H2,1-7H3/t15-,17-/m1/s1. The molecule has 0 amide bonds. The monoisotopic (exact) mass is 354 g/mol. The van der Waals surface area contributed by atoms with Crippen LogP contribution in [0.4, 0.5) is 0 Å². The van der Waals surface area contributed by atoms with Gasteiger partial charge in [0.1, 0.15) is 0 Å². The number of Topliss-reactive ketones (excluding diaryl/α,β-unsaturated/α-hetero) is 1. The van der Waals surface area contributed by atoms with Crippen LogP contribution >= 0.6 is 0 Å². The zero-order valence-corrected chi connectivity index (χ0v) is 17.4. The maximum atomic E-state index is 12.4. The van der Waals surface area contributed by atoms with Crippen molar-refractivity contribution in [2.24, 2.45) is 5.92 Å². The van der Waals surface area contributed by atoms with Gasteiger partial charge in [-0.25, -0.2) is 0 Å². The minimum absolute atomic E-state index is 0.0715. The molecule has 0 unspecified atom stereocenters. The summed E-state index contributed by atoms with van der Waals surface area (Å²) in [5.41, 5.74) is 0.769. The third-order valence-corrected chi connectivity index (χ3v) is 9.84. The summed E-state index contributed by atoms with van der Waals surface area (Å²) in [6.07, 6.45) is 5.28. The van der Waals surface area contributed by atoms with Gasteiger partial charge in [0.25, 0.3) is 0 Å². The Balaban J connectivity index is 3.04. The van der Waals surface area contributed by atoms with Gasteiger partial charge in [-0.2, -0.15) is 0 Å². The lowest BCUT2D eigenvalue weighted by atomic mass is 9.91. The fourth-order valence-corrected chi connectivity index (χ4v) is 4.18. The molecular weight excluding hydrogens is 320 g/mol. The summed E-state index contributed by atoms with van der Waals surface area (Å²) in [6, 6.07) is 0. The number of allylic oxidation sites excluding steroid dienone is 2. The Morgan fingerprint density at radius 3 is 2.38 bits per heavy atom. The van der Waals surface area contributed by atoms with Gasteiger partial charge in [-0.15, -0.1) is 0 Å². The van der Waals surface area contributed by atoms with Crippen LogP contribution in [0.2, 0.25) is 18.1 Å². The minimum Gasteiger partial charge on any atom is -0.469 e. The maximum Gasteiger partial charge on any atom is 0.311 e. The normalized spacial score (nSPS) is 18.3. The first-order valence-corrected chi connectivity index (χ1v) is 11.9. The molecule has 1 aliphatic rings. The largest absolute Gasteiger partial charge is 0.469 e. The van der Waals surface area contributed by atoms with E-state index in [1.807, 2.05) is 6.08 Å². The summed E-state index contributed by atoms with van der Waals surface area (Å²) in [6.45, 7) is 13.1. The van der Waals surface area contributed by atoms with Gasteiger partial charge in [0, 0.05) is 6.42 Å². The Morgan fingerprint density at radius 1 is 1.33 bits per heavy atom. The highest BCUT2D eigenvalue weighted by Gasteiger charge is 2.42. The molecule has 0 N–H and O–H groups in total. The SMILES string of the molecule is CCC[C@@H](O[Si](C)(C)C(C)(C)C)[C@@H](CC1=CCCC1=O)C(=O)OC.